The molecule has 7 atom stereocenters. The van der Waals surface area contributed by atoms with Crippen LogP contribution < -0.4 is 5.32 Å². The van der Waals surface area contributed by atoms with Gasteiger partial charge in [-0.15, -0.1) is 0 Å². The third-order valence-corrected chi connectivity index (χ3v) is 13.0. The molecule has 1 rings (SSSR count). The Morgan fingerprint density at radius 2 is 0.905 bits per heavy atom. The first kappa shape index (κ1) is 59.7. The molecule has 7 unspecified atom stereocenters. The molecule has 1 fully saturated rings. The Kier molecular flexibility index (Phi) is 42.2. The van der Waals surface area contributed by atoms with Crippen molar-refractivity contribution < 1.29 is 39.8 Å². The standard InChI is InChI=1S/C54H103NO8/c1-3-5-7-9-11-13-15-16-17-18-19-20-21-22-23-24-25-26-27-28-29-30-31-32-33-34-35-37-39-41-43-48(57)47(46-62-54-53(61)52(60)51(59)49(45-56)63-54)55-50(58)44-42-40-38-36-14-12-10-8-6-4-2/h34-35,41,43,47-49,51-54,56-57,59-61H,3-33,36-40,42,44-46H2,1-2H3,(H,55,58)/b35-34+,43-41+. The number of unbranched alkanes of at least 4 members (excludes halogenated alkanes) is 34. The lowest BCUT2D eigenvalue weighted by Crippen LogP contribution is -2.60. The van der Waals surface area contributed by atoms with Gasteiger partial charge in [0.15, 0.2) is 6.29 Å². The van der Waals surface area contributed by atoms with E-state index >= 15 is 0 Å². The molecule has 0 aromatic heterocycles. The molecule has 63 heavy (non-hydrogen) atoms. The van der Waals surface area contributed by atoms with Gasteiger partial charge in [0, 0.05) is 6.42 Å². The van der Waals surface area contributed by atoms with E-state index in [2.05, 4.69) is 31.3 Å². The van der Waals surface area contributed by atoms with Crippen LogP contribution in [-0.4, -0.2) is 87.5 Å². The number of aliphatic hydroxyl groups is 5. The summed E-state index contributed by atoms with van der Waals surface area (Å²) in [5.41, 5.74) is 0. The molecule has 6 N–H and O–H groups in total. The van der Waals surface area contributed by atoms with Gasteiger partial charge in [-0.2, -0.15) is 0 Å². The summed E-state index contributed by atoms with van der Waals surface area (Å²) in [7, 11) is 0. The van der Waals surface area contributed by atoms with Gasteiger partial charge in [-0.3, -0.25) is 4.79 Å². The fourth-order valence-electron chi connectivity index (χ4n) is 8.70. The second-order valence-electron chi connectivity index (χ2n) is 19.0. The topological polar surface area (TPSA) is 149 Å². The number of hydrogen-bond donors (Lipinski definition) is 6. The summed E-state index contributed by atoms with van der Waals surface area (Å²) in [6.07, 6.45) is 48.4. The number of hydrogen-bond acceptors (Lipinski definition) is 8. The number of carbonyl (C=O) groups is 1. The average molecular weight is 894 g/mol. The Labute approximate surface area is 388 Å². The first-order valence-corrected chi connectivity index (χ1v) is 27.1. The Bertz CT molecular complexity index is 1040. The van der Waals surface area contributed by atoms with Crippen LogP contribution in [0, 0.1) is 0 Å². The van der Waals surface area contributed by atoms with Gasteiger partial charge in [-0.1, -0.05) is 244 Å². The minimum absolute atomic E-state index is 0.187. The number of nitrogens with one attached hydrogen (secondary N) is 1. The summed E-state index contributed by atoms with van der Waals surface area (Å²) in [6, 6.07) is -0.816. The molecule has 0 saturated carbocycles. The van der Waals surface area contributed by atoms with Crippen molar-refractivity contribution in [1.82, 2.24) is 5.32 Å². The van der Waals surface area contributed by atoms with Crippen molar-refractivity contribution in [3.8, 4) is 0 Å². The molecule has 0 bridgehead atoms. The van der Waals surface area contributed by atoms with Crippen molar-refractivity contribution in [2.45, 2.75) is 301 Å². The van der Waals surface area contributed by atoms with E-state index in [9.17, 15) is 30.3 Å². The molecular weight excluding hydrogens is 791 g/mol. The maximum Gasteiger partial charge on any atom is 0.220 e. The Morgan fingerprint density at radius 3 is 1.33 bits per heavy atom. The zero-order valence-corrected chi connectivity index (χ0v) is 41.1. The highest BCUT2D eigenvalue weighted by Gasteiger charge is 2.44. The fourth-order valence-corrected chi connectivity index (χ4v) is 8.70. The van der Waals surface area contributed by atoms with Crippen LogP contribution in [0.3, 0.4) is 0 Å². The van der Waals surface area contributed by atoms with Crippen molar-refractivity contribution in [3.05, 3.63) is 24.3 Å². The van der Waals surface area contributed by atoms with E-state index in [1.165, 1.54) is 199 Å². The van der Waals surface area contributed by atoms with Gasteiger partial charge in [0.2, 0.25) is 5.91 Å². The number of aliphatic hydroxyl groups excluding tert-OH is 5. The molecule has 0 aromatic rings. The highest BCUT2D eigenvalue weighted by molar-refractivity contribution is 5.76. The van der Waals surface area contributed by atoms with E-state index in [-0.39, 0.29) is 12.5 Å². The van der Waals surface area contributed by atoms with Gasteiger partial charge in [-0.05, 0) is 32.1 Å². The van der Waals surface area contributed by atoms with Crippen LogP contribution >= 0.6 is 0 Å². The van der Waals surface area contributed by atoms with E-state index in [1.54, 1.807) is 6.08 Å². The predicted molar refractivity (Wildman–Crippen MR) is 263 cm³/mol. The van der Waals surface area contributed by atoms with Crippen molar-refractivity contribution in [2.24, 2.45) is 0 Å². The van der Waals surface area contributed by atoms with Crippen LogP contribution in [0.15, 0.2) is 24.3 Å². The molecule has 1 aliphatic rings. The number of rotatable bonds is 46. The quantitative estimate of drug-likeness (QED) is 0.0261. The summed E-state index contributed by atoms with van der Waals surface area (Å²) in [4.78, 5) is 12.9. The van der Waals surface area contributed by atoms with Crippen molar-refractivity contribution in [2.75, 3.05) is 13.2 Å². The number of carbonyl (C=O) groups excluding carboxylic acids is 1. The molecule has 372 valence electrons. The smallest absolute Gasteiger partial charge is 0.220 e. The van der Waals surface area contributed by atoms with Gasteiger partial charge in [0.05, 0.1) is 25.4 Å². The van der Waals surface area contributed by atoms with E-state index in [1.807, 2.05) is 6.08 Å². The average Bonchev–Trinajstić information content (AvgIpc) is 3.28. The minimum atomic E-state index is -1.57. The van der Waals surface area contributed by atoms with Crippen LogP contribution in [-0.2, 0) is 14.3 Å². The normalized spacial score (nSPS) is 20.3. The lowest BCUT2D eigenvalue weighted by molar-refractivity contribution is -0.302. The molecule has 9 nitrogen and oxygen atoms in total. The molecule has 0 aromatic carbocycles. The fraction of sp³-hybridized carbons (Fsp3) is 0.907. The maximum atomic E-state index is 12.9. The largest absolute Gasteiger partial charge is 0.394 e. The van der Waals surface area contributed by atoms with Gasteiger partial charge < -0.3 is 40.3 Å². The van der Waals surface area contributed by atoms with Gasteiger partial charge in [0.25, 0.3) is 0 Å². The van der Waals surface area contributed by atoms with Crippen LogP contribution in [0.25, 0.3) is 0 Å². The summed E-state index contributed by atoms with van der Waals surface area (Å²) in [5, 5.41) is 54.2. The number of ether oxygens (including phenoxy) is 2. The van der Waals surface area contributed by atoms with Gasteiger partial charge >= 0.3 is 0 Å². The van der Waals surface area contributed by atoms with E-state index in [0.29, 0.717) is 6.42 Å². The molecule has 0 spiro atoms. The number of amides is 1. The minimum Gasteiger partial charge on any atom is -0.394 e. The maximum absolute atomic E-state index is 12.9. The number of allylic oxidation sites excluding steroid dienone is 3. The Morgan fingerprint density at radius 1 is 0.524 bits per heavy atom. The molecular formula is C54H103NO8. The molecule has 1 saturated heterocycles. The van der Waals surface area contributed by atoms with Gasteiger partial charge in [0.1, 0.15) is 24.4 Å². The van der Waals surface area contributed by atoms with Crippen molar-refractivity contribution >= 4 is 5.91 Å². The highest BCUT2D eigenvalue weighted by atomic mass is 16.7. The monoisotopic (exact) mass is 894 g/mol. The predicted octanol–water partition coefficient (Wildman–Crippen LogP) is 12.6. The molecule has 1 amide bonds. The van der Waals surface area contributed by atoms with Crippen LogP contribution in [0.4, 0.5) is 0 Å². The summed E-state index contributed by atoms with van der Waals surface area (Å²) < 4.78 is 11.2. The van der Waals surface area contributed by atoms with E-state index in [0.717, 1.165) is 38.5 Å². The zero-order chi connectivity index (χ0) is 45.9. The highest BCUT2D eigenvalue weighted by Crippen LogP contribution is 2.23. The van der Waals surface area contributed by atoms with Crippen LogP contribution in [0.2, 0.25) is 0 Å². The van der Waals surface area contributed by atoms with Crippen molar-refractivity contribution in [3.63, 3.8) is 0 Å². The SMILES string of the molecule is CCCCCCCCCCCCCCCCCCCCCCCCCC/C=C/CC/C=C/C(O)C(COC1OC(CO)C(O)C(O)C1O)NC(=O)CCCCCCCCCCCC. The third-order valence-electron chi connectivity index (χ3n) is 13.0. The molecule has 1 heterocycles. The summed E-state index contributed by atoms with van der Waals surface area (Å²) in [5.74, 6) is -0.187. The molecule has 1 aliphatic heterocycles. The third kappa shape index (κ3) is 34.6. The summed E-state index contributed by atoms with van der Waals surface area (Å²) >= 11 is 0. The second-order valence-corrected chi connectivity index (χ2v) is 19.0. The van der Waals surface area contributed by atoms with E-state index in [4.69, 9.17) is 9.47 Å². The van der Waals surface area contributed by atoms with Crippen LogP contribution in [0.1, 0.15) is 258 Å². The Balaban J connectivity index is 2.17. The first-order valence-electron chi connectivity index (χ1n) is 27.1. The Hall–Kier alpha value is -1.33. The zero-order valence-electron chi connectivity index (χ0n) is 41.1. The van der Waals surface area contributed by atoms with E-state index < -0.39 is 49.5 Å². The lowest BCUT2D eigenvalue weighted by Gasteiger charge is -2.40. The second kappa shape index (κ2) is 44.5. The van der Waals surface area contributed by atoms with Crippen molar-refractivity contribution in [1.29, 1.82) is 0 Å². The summed E-state index contributed by atoms with van der Waals surface area (Å²) in [6.45, 7) is 3.76. The lowest BCUT2D eigenvalue weighted by atomic mass is 9.99. The van der Waals surface area contributed by atoms with Crippen LogP contribution in [0.5, 0.6) is 0 Å². The molecule has 0 radical (unpaired) electrons. The molecule has 0 aliphatic carbocycles. The first-order chi connectivity index (χ1) is 30.8. The van der Waals surface area contributed by atoms with Gasteiger partial charge in [-0.25, -0.2) is 0 Å². The molecule has 9 heteroatoms.